The molecule has 0 amide bonds. The van der Waals surface area contributed by atoms with Crippen molar-refractivity contribution in [2.75, 3.05) is 23.7 Å². The van der Waals surface area contributed by atoms with Gasteiger partial charge in [0.1, 0.15) is 5.54 Å². The summed E-state index contributed by atoms with van der Waals surface area (Å²) < 4.78 is 14.0. The lowest BCUT2D eigenvalue weighted by Crippen LogP contribution is -2.40. The summed E-state index contributed by atoms with van der Waals surface area (Å²) in [5.41, 5.74) is 7.10. The average Bonchev–Trinajstić information content (AvgIpc) is 3.02. The molecule has 2 N–H and O–H groups in total. The zero-order chi connectivity index (χ0) is 18.3. The van der Waals surface area contributed by atoms with E-state index in [1.165, 1.54) is 6.20 Å². The highest BCUT2D eigenvalue weighted by molar-refractivity contribution is 8.13. The quantitative estimate of drug-likeness (QED) is 0.892. The second-order valence-electron chi connectivity index (χ2n) is 7.06. The first-order chi connectivity index (χ1) is 12.5. The van der Waals surface area contributed by atoms with Crippen molar-refractivity contribution < 1.29 is 4.39 Å². The topological polar surface area (TPSA) is 80.3 Å². The molecule has 2 unspecified atom stereocenters. The van der Waals surface area contributed by atoms with E-state index in [0.29, 0.717) is 23.4 Å². The van der Waals surface area contributed by atoms with E-state index in [9.17, 15) is 4.39 Å². The Balaban J connectivity index is 1.74. The van der Waals surface area contributed by atoms with Gasteiger partial charge in [-0.2, -0.15) is 0 Å². The van der Waals surface area contributed by atoms with Gasteiger partial charge in [-0.15, -0.1) is 0 Å². The third kappa shape index (κ3) is 2.82. The molecule has 4 rings (SSSR count). The maximum Gasteiger partial charge on any atom is 0.225 e. The number of hydrogen-bond donors (Lipinski definition) is 1. The summed E-state index contributed by atoms with van der Waals surface area (Å²) in [5.74, 6) is 1.32. The average molecular weight is 372 g/mol. The van der Waals surface area contributed by atoms with Gasteiger partial charge >= 0.3 is 0 Å². The molecule has 0 saturated carbocycles. The lowest BCUT2D eigenvalue weighted by molar-refractivity contribution is 0.386. The maximum atomic E-state index is 14.0. The van der Waals surface area contributed by atoms with Crippen molar-refractivity contribution >= 4 is 22.9 Å². The molecule has 2 aromatic rings. The number of thioether (sulfide) groups is 1. The number of rotatable bonds is 3. The largest absolute Gasteiger partial charge is 0.379 e. The van der Waals surface area contributed by atoms with Crippen LogP contribution in [0.15, 0.2) is 35.7 Å². The molecule has 136 valence electrons. The number of amidine groups is 1. The lowest BCUT2D eigenvalue weighted by Gasteiger charge is -2.34. The van der Waals surface area contributed by atoms with Crippen molar-refractivity contribution in [2.24, 2.45) is 16.6 Å². The first-order valence-corrected chi connectivity index (χ1v) is 9.64. The molecule has 1 saturated heterocycles. The predicted molar refractivity (Wildman–Crippen MR) is 102 cm³/mol. The zero-order valence-electron chi connectivity index (χ0n) is 14.8. The molecule has 0 spiro atoms. The maximum absolute atomic E-state index is 14.0. The third-order valence-corrected chi connectivity index (χ3v) is 6.00. The Morgan fingerprint density at radius 3 is 2.96 bits per heavy atom. The van der Waals surface area contributed by atoms with Gasteiger partial charge in [-0.3, -0.25) is 4.98 Å². The molecule has 0 radical (unpaired) electrons. The number of nitrogens with zero attached hydrogens (tertiary/aromatic N) is 5. The Morgan fingerprint density at radius 1 is 1.38 bits per heavy atom. The van der Waals surface area contributed by atoms with E-state index in [1.807, 2.05) is 32.2 Å². The van der Waals surface area contributed by atoms with Gasteiger partial charge in [0.2, 0.25) is 5.95 Å². The van der Waals surface area contributed by atoms with E-state index in [4.69, 9.17) is 10.7 Å². The van der Waals surface area contributed by atoms with Gasteiger partial charge < -0.3 is 10.6 Å². The molecule has 2 atom stereocenters. The number of pyridine rings is 1. The summed E-state index contributed by atoms with van der Waals surface area (Å²) in [6, 6.07) is 3.96. The number of fused-ring (bicyclic) bond motifs is 1. The van der Waals surface area contributed by atoms with Crippen LogP contribution < -0.4 is 10.6 Å². The Hall–Kier alpha value is -2.22. The van der Waals surface area contributed by atoms with Crippen molar-refractivity contribution in [3.63, 3.8) is 0 Å². The third-order valence-electron chi connectivity index (χ3n) is 5.04. The van der Waals surface area contributed by atoms with Crippen LogP contribution in [0.3, 0.4) is 0 Å². The molecular weight excluding hydrogens is 351 g/mol. The lowest BCUT2D eigenvalue weighted by atomic mass is 9.83. The minimum Gasteiger partial charge on any atom is -0.379 e. The van der Waals surface area contributed by atoms with Crippen molar-refractivity contribution in [1.82, 2.24) is 15.0 Å². The van der Waals surface area contributed by atoms with Crippen LogP contribution in [0.2, 0.25) is 0 Å². The first-order valence-electron chi connectivity index (χ1n) is 8.65. The number of nitrogens with two attached hydrogens (primary N) is 1. The van der Waals surface area contributed by atoms with Crippen molar-refractivity contribution in [1.29, 1.82) is 0 Å². The summed E-state index contributed by atoms with van der Waals surface area (Å²) in [6.07, 6.45) is 4.88. The van der Waals surface area contributed by atoms with E-state index in [-0.39, 0.29) is 17.7 Å². The Morgan fingerprint density at radius 2 is 2.23 bits per heavy atom. The van der Waals surface area contributed by atoms with Gasteiger partial charge in [0.25, 0.3) is 0 Å². The number of aliphatic imine (C=N–C) groups is 1. The van der Waals surface area contributed by atoms with E-state index >= 15 is 0 Å². The van der Waals surface area contributed by atoms with Crippen molar-refractivity contribution in [2.45, 2.75) is 25.3 Å². The summed E-state index contributed by atoms with van der Waals surface area (Å²) in [4.78, 5) is 19.9. The van der Waals surface area contributed by atoms with Crippen LogP contribution in [0.25, 0.3) is 0 Å². The fourth-order valence-corrected chi connectivity index (χ4v) is 4.70. The van der Waals surface area contributed by atoms with Crippen LogP contribution in [0, 0.1) is 11.7 Å². The summed E-state index contributed by atoms with van der Waals surface area (Å²) >= 11 is 1.58. The Labute approximate surface area is 156 Å². The minimum atomic E-state index is -0.459. The monoisotopic (exact) mass is 372 g/mol. The zero-order valence-corrected chi connectivity index (χ0v) is 15.6. The van der Waals surface area contributed by atoms with Crippen molar-refractivity contribution in [3.05, 3.63) is 47.8 Å². The summed E-state index contributed by atoms with van der Waals surface area (Å²) in [5, 5.41) is 0.592. The normalized spacial score (nSPS) is 25.3. The van der Waals surface area contributed by atoms with Crippen LogP contribution in [0.5, 0.6) is 0 Å². The highest BCUT2D eigenvalue weighted by Crippen LogP contribution is 2.45. The molecule has 2 aliphatic heterocycles. The van der Waals surface area contributed by atoms with E-state index in [1.54, 1.807) is 18.0 Å². The van der Waals surface area contributed by atoms with Gasteiger partial charge in [0, 0.05) is 36.2 Å². The van der Waals surface area contributed by atoms with Crippen LogP contribution >= 0.6 is 11.8 Å². The molecule has 26 heavy (non-hydrogen) atoms. The number of hydrogen-bond acceptors (Lipinski definition) is 7. The Bertz CT molecular complexity index is 843. The molecule has 0 aliphatic carbocycles. The highest BCUT2D eigenvalue weighted by Gasteiger charge is 2.51. The molecule has 4 heterocycles. The second kappa shape index (κ2) is 6.50. The minimum absolute atomic E-state index is 0.00173. The van der Waals surface area contributed by atoms with Crippen molar-refractivity contribution in [3.8, 4) is 0 Å². The van der Waals surface area contributed by atoms with E-state index in [0.717, 1.165) is 17.9 Å². The van der Waals surface area contributed by atoms with Gasteiger partial charge in [0.15, 0.2) is 11.0 Å². The molecule has 0 bridgehead atoms. The molecule has 0 aromatic carbocycles. The van der Waals surface area contributed by atoms with Gasteiger partial charge in [0.05, 0.1) is 18.4 Å². The standard InChI is InChI=1S/C18H21FN6S/c1-11(2)15-14(19)7-22-17(23-15)25-8-13-9-26-16(20)24-18(13,10-25)12-4-3-5-21-6-12/h3-7,11,13H,8-10H2,1-2H3,(H2,20,24). The fraction of sp³-hybridized carbons (Fsp3) is 0.444. The number of anilines is 1. The molecule has 2 aliphatic rings. The van der Waals surface area contributed by atoms with Crippen LogP contribution in [0.1, 0.15) is 31.0 Å². The van der Waals surface area contributed by atoms with E-state index in [2.05, 4.69) is 19.9 Å². The smallest absolute Gasteiger partial charge is 0.225 e. The van der Waals surface area contributed by atoms with Crippen LogP contribution in [-0.4, -0.2) is 39.0 Å². The molecule has 6 nitrogen and oxygen atoms in total. The van der Waals surface area contributed by atoms with Gasteiger partial charge in [-0.05, 0) is 12.0 Å². The first kappa shape index (κ1) is 17.2. The van der Waals surface area contributed by atoms with Crippen LogP contribution in [0.4, 0.5) is 10.3 Å². The molecule has 2 aromatic heterocycles. The Kier molecular flexibility index (Phi) is 4.30. The fourth-order valence-electron chi connectivity index (χ4n) is 3.72. The molecule has 1 fully saturated rings. The second-order valence-corrected chi connectivity index (χ2v) is 8.10. The SMILES string of the molecule is CC(C)c1nc(N2CC3CSC(N)=NC3(c3cccnc3)C2)ncc1F. The summed E-state index contributed by atoms with van der Waals surface area (Å²) in [6.45, 7) is 5.21. The molecular formula is C18H21FN6S. The predicted octanol–water partition coefficient (Wildman–Crippen LogP) is 2.53. The molecule has 8 heteroatoms. The van der Waals surface area contributed by atoms with Gasteiger partial charge in [-0.25, -0.2) is 19.4 Å². The van der Waals surface area contributed by atoms with Crippen LogP contribution in [-0.2, 0) is 5.54 Å². The highest BCUT2D eigenvalue weighted by atomic mass is 32.2. The van der Waals surface area contributed by atoms with Gasteiger partial charge in [-0.1, -0.05) is 31.7 Å². The number of aromatic nitrogens is 3. The van der Waals surface area contributed by atoms with E-state index < -0.39 is 5.54 Å². The number of halogens is 1. The summed E-state index contributed by atoms with van der Waals surface area (Å²) in [7, 11) is 0.